The lowest BCUT2D eigenvalue weighted by Gasteiger charge is -2.24. The van der Waals surface area contributed by atoms with E-state index in [2.05, 4.69) is 36.2 Å². The van der Waals surface area contributed by atoms with Gasteiger partial charge in [0.2, 0.25) is 0 Å². The first-order valence-electron chi connectivity index (χ1n) is 8.30. The Bertz CT molecular complexity index is 419. The van der Waals surface area contributed by atoms with Gasteiger partial charge in [-0.25, -0.2) is 0 Å². The molecule has 21 heavy (non-hydrogen) atoms. The van der Waals surface area contributed by atoms with Crippen LogP contribution in [0.25, 0.3) is 0 Å². The minimum atomic E-state index is 0.670. The van der Waals surface area contributed by atoms with Gasteiger partial charge in [-0.2, -0.15) is 0 Å². The Hall–Kier alpha value is -1.06. The summed E-state index contributed by atoms with van der Waals surface area (Å²) < 4.78 is 5.41. The molecule has 3 heteroatoms. The molecule has 1 N–H and O–H groups in total. The summed E-state index contributed by atoms with van der Waals surface area (Å²) >= 11 is 0. The van der Waals surface area contributed by atoms with Gasteiger partial charge in [0.1, 0.15) is 5.75 Å². The number of nitrogens with zero attached hydrogens (tertiary/aromatic N) is 1. The number of methoxy groups -OCH3 is 1. The highest BCUT2D eigenvalue weighted by molar-refractivity contribution is 5.33. The van der Waals surface area contributed by atoms with Gasteiger partial charge in [-0.15, -0.1) is 0 Å². The molecule has 0 bridgehead atoms. The average molecular weight is 290 g/mol. The fourth-order valence-electron chi connectivity index (χ4n) is 3.16. The van der Waals surface area contributed by atoms with Crippen LogP contribution in [0.3, 0.4) is 0 Å². The lowest BCUT2D eigenvalue weighted by atomic mass is 10.1. The molecule has 1 aromatic rings. The predicted molar refractivity (Wildman–Crippen MR) is 89.0 cm³/mol. The summed E-state index contributed by atoms with van der Waals surface area (Å²) in [4.78, 5) is 2.60. The number of para-hydroxylation sites is 1. The molecule has 0 amide bonds. The largest absolute Gasteiger partial charge is 0.496 e. The van der Waals surface area contributed by atoms with Gasteiger partial charge >= 0.3 is 0 Å². The first-order chi connectivity index (χ1) is 10.2. The van der Waals surface area contributed by atoms with Crippen molar-refractivity contribution in [1.29, 1.82) is 0 Å². The van der Waals surface area contributed by atoms with E-state index in [1.165, 1.54) is 37.9 Å². The van der Waals surface area contributed by atoms with Crippen molar-refractivity contribution in [2.24, 2.45) is 0 Å². The summed E-state index contributed by atoms with van der Waals surface area (Å²) in [6.45, 7) is 8.12. The van der Waals surface area contributed by atoms with E-state index in [4.69, 9.17) is 4.74 Å². The van der Waals surface area contributed by atoms with E-state index in [0.29, 0.717) is 12.1 Å². The van der Waals surface area contributed by atoms with Gasteiger partial charge in [0.15, 0.2) is 0 Å². The molecule has 118 valence electrons. The highest BCUT2D eigenvalue weighted by atomic mass is 16.5. The highest BCUT2D eigenvalue weighted by Gasteiger charge is 2.18. The second-order valence-corrected chi connectivity index (χ2v) is 6.27. The van der Waals surface area contributed by atoms with Crippen molar-refractivity contribution in [1.82, 2.24) is 10.2 Å². The lowest BCUT2D eigenvalue weighted by molar-refractivity contribution is 0.229. The molecule has 1 heterocycles. The summed E-state index contributed by atoms with van der Waals surface area (Å²) in [5.41, 5.74) is 1.30. The molecule has 0 aromatic heterocycles. The maximum atomic E-state index is 5.41. The van der Waals surface area contributed by atoms with Crippen LogP contribution in [0.5, 0.6) is 5.75 Å². The van der Waals surface area contributed by atoms with Gasteiger partial charge in [0.25, 0.3) is 0 Å². The van der Waals surface area contributed by atoms with Crippen LogP contribution in [0, 0.1) is 0 Å². The predicted octanol–water partition coefficient (Wildman–Crippen LogP) is 3.09. The van der Waals surface area contributed by atoms with Crippen molar-refractivity contribution in [3.05, 3.63) is 29.8 Å². The third-order valence-electron chi connectivity index (χ3n) is 4.51. The minimum absolute atomic E-state index is 0.670. The Morgan fingerprint density at radius 1 is 1.24 bits per heavy atom. The monoisotopic (exact) mass is 290 g/mol. The molecule has 1 atom stereocenters. The molecular formula is C18H30N2O. The van der Waals surface area contributed by atoms with E-state index in [9.17, 15) is 0 Å². The summed E-state index contributed by atoms with van der Waals surface area (Å²) in [7, 11) is 1.75. The highest BCUT2D eigenvalue weighted by Crippen LogP contribution is 2.18. The third kappa shape index (κ3) is 5.01. The van der Waals surface area contributed by atoms with Crippen molar-refractivity contribution in [3.8, 4) is 5.75 Å². The Morgan fingerprint density at radius 2 is 2.05 bits per heavy atom. The molecule has 3 nitrogen and oxygen atoms in total. The normalized spacial score (nSPS) is 20.5. The molecule has 0 aliphatic carbocycles. The Kier molecular flexibility index (Phi) is 6.52. The number of nitrogens with one attached hydrogen (secondary N) is 1. The second-order valence-electron chi connectivity index (χ2n) is 6.27. The minimum Gasteiger partial charge on any atom is -0.496 e. The van der Waals surface area contributed by atoms with Crippen LogP contribution in [0.2, 0.25) is 0 Å². The molecule has 1 aliphatic heterocycles. The second kappa shape index (κ2) is 8.40. The van der Waals surface area contributed by atoms with Crippen LogP contribution in [0.1, 0.15) is 38.7 Å². The zero-order valence-corrected chi connectivity index (χ0v) is 13.8. The molecule has 0 spiro atoms. The van der Waals surface area contributed by atoms with Gasteiger partial charge in [0.05, 0.1) is 7.11 Å². The summed E-state index contributed by atoms with van der Waals surface area (Å²) in [6, 6.07) is 9.67. The number of ether oxygens (including phenoxy) is 1. The fourth-order valence-corrected chi connectivity index (χ4v) is 3.16. The van der Waals surface area contributed by atoms with Crippen molar-refractivity contribution >= 4 is 0 Å². The zero-order chi connectivity index (χ0) is 15.1. The van der Waals surface area contributed by atoms with E-state index in [1.54, 1.807) is 7.11 Å². The van der Waals surface area contributed by atoms with E-state index in [-0.39, 0.29) is 0 Å². The number of hydrogen-bond acceptors (Lipinski definition) is 3. The average Bonchev–Trinajstić information content (AvgIpc) is 2.73. The van der Waals surface area contributed by atoms with Gasteiger partial charge in [-0.3, -0.25) is 0 Å². The fraction of sp³-hybridized carbons (Fsp3) is 0.667. The summed E-state index contributed by atoms with van der Waals surface area (Å²) in [5, 5.41) is 3.74. The van der Waals surface area contributed by atoms with E-state index in [0.717, 1.165) is 18.7 Å². The summed E-state index contributed by atoms with van der Waals surface area (Å²) in [5.74, 6) is 1.01. The number of likely N-dealkylation sites (tertiary alicyclic amines) is 1. The number of hydrogen-bond donors (Lipinski definition) is 1. The smallest absolute Gasteiger partial charge is 0.122 e. The molecule has 1 aromatic carbocycles. The van der Waals surface area contributed by atoms with Gasteiger partial charge in [0, 0.05) is 12.1 Å². The molecule has 1 unspecified atom stereocenters. The van der Waals surface area contributed by atoms with Crippen LogP contribution in [-0.4, -0.2) is 43.7 Å². The Morgan fingerprint density at radius 3 is 2.81 bits per heavy atom. The Balaban J connectivity index is 1.76. The van der Waals surface area contributed by atoms with Gasteiger partial charge in [-0.1, -0.05) is 18.2 Å². The van der Waals surface area contributed by atoms with E-state index < -0.39 is 0 Å². The van der Waals surface area contributed by atoms with E-state index >= 15 is 0 Å². The SMILES string of the molecule is COc1ccccc1CCNC1CCCN(C(C)C)CC1. The van der Waals surface area contributed by atoms with Crippen LogP contribution < -0.4 is 10.1 Å². The Labute approximate surface area is 129 Å². The van der Waals surface area contributed by atoms with Gasteiger partial charge in [-0.05, 0) is 70.8 Å². The molecule has 1 fully saturated rings. The quantitative estimate of drug-likeness (QED) is 0.871. The van der Waals surface area contributed by atoms with Crippen molar-refractivity contribution in [3.63, 3.8) is 0 Å². The van der Waals surface area contributed by atoms with Gasteiger partial charge < -0.3 is 15.0 Å². The summed E-state index contributed by atoms with van der Waals surface area (Å²) in [6.07, 6.45) is 4.91. The molecule has 1 saturated heterocycles. The topological polar surface area (TPSA) is 24.5 Å². The van der Waals surface area contributed by atoms with Crippen LogP contribution in [0.15, 0.2) is 24.3 Å². The number of rotatable bonds is 6. The maximum Gasteiger partial charge on any atom is 0.122 e. The van der Waals surface area contributed by atoms with Crippen molar-refractivity contribution in [2.45, 2.75) is 51.6 Å². The van der Waals surface area contributed by atoms with Crippen LogP contribution >= 0.6 is 0 Å². The number of benzene rings is 1. The molecule has 1 aliphatic rings. The standard InChI is InChI=1S/C18H30N2O/c1-15(2)20-13-6-8-17(11-14-20)19-12-10-16-7-4-5-9-18(16)21-3/h4-5,7,9,15,17,19H,6,8,10-14H2,1-3H3. The van der Waals surface area contributed by atoms with Crippen LogP contribution in [-0.2, 0) is 6.42 Å². The first kappa shape index (κ1) is 16.3. The van der Waals surface area contributed by atoms with Crippen LogP contribution in [0.4, 0.5) is 0 Å². The molecule has 0 saturated carbocycles. The maximum absolute atomic E-state index is 5.41. The lowest BCUT2D eigenvalue weighted by Crippen LogP contribution is -2.34. The van der Waals surface area contributed by atoms with E-state index in [1.807, 2.05) is 12.1 Å². The molecule has 2 rings (SSSR count). The van der Waals surface area contributed by atoms with Crippen molar-refractivity contribution in [2.75, 3.05) is 26.7 Å². The zero-order valence-electron chi connectivity index (χ0n) is 13.8. The molecule has 0 radical (unpaired) electrons. The van der Waals surface area contributed by atoms with Crippen molar-refractivity contribution < 1.29 is 4.74 Å². The first-order valence-corrected chi connectivity index (χ1v) is 8.30. The molecular weight excluding hydrogens is 260 g/mol. The third-order valence-corrected chi connectivity index (χ3v) is 4.51.